The van der Waals surface area contributed by atoms with E-state index in [0.717, 1.165) is 37.7 Å². The SMILES string of the molecule is CCC=COCCC(CCCCCCCC)C(OCCC)(OCCC)c1ccccc1. The molecule has 0 aliphatic heterocycles. The zero-order chi connectivity index (χ0) is 22.6. The van der Waals surface area contributed by atoms with Crippen molar-refractivity contribution in [2.75, 3.05) is 19.8 Å². The maximum atomic E-state index is 6.61. The lowest BCUT2D eigenvalue weighted by Crippen LogP contribution is -2.42. The molecule has 3 nitrogen and oxygen atoms in total. The van der Waals surface area contributed by atoms with Gasteiger partial charge in [-0.2, -0.15) is 0 Å². The summed E-state index contributed by atoms with van der Waals surface area (Å²) in [6.07, 6.45) is 16.6. The first kappa shape index (κ1) is 27.7. The maximum Gasteiger partial charge on any atom is 0.197 e. The fraction of sp³-hybridized carbons (Fsp3) is 0.714. The van der Waals surface area contributed by atoms with Crippen LogP contribution in [0.5, 0.6) is 0 Å². The van der Waals surface area contributed by atoms with E-state index in [2.05, 4.69) is 64.1 Å². The van der Waals surface area contributed by atoms with Crippen molar-refractivity contribution in [1.82, 2.24) is 0 Å². The first-order valence-electron chi connectivity index (χ1n) is 12.8. The van der Waals surface area contributed by atoms with Crippen LogP contribution < -0.4 is 0 Å². The van der Waals surface area contributed by atoms with E-state index in [0.29, 0.717) is 19.8 Å². The van der Waals surface area contributed by atoms with Gasteiger partial charge in [-0.1, -0.05) is 103 Å². The lowest BCUT2D eigenvalue weighted by Gasteiger charge is -2.41. The summed E-state index contributed by atoms with van der Waals surface area (Å²) in [6, 6.07) is 10.6. The molecule has 0 saturated heterocycles. The molecule has 0 radical (unpaired) electrons. The summed E-state index contributed by atoms with van der Waals surface area (Å²) in [6.45, 7) is 10.8. The Morgan fingerprint density at radius 3 is 2.00 bits per heavy atom. The average molecular weight is 433 g/mol. The highest BCUT2D eigenvalue weighted by atomic mass is 16.7. The molecule has 1 aromatic rings. The third-order valence-electron chi connectivity index (χ3n) is 5.67. The van der Waals surface area contributed by atoms with Crippen LogP contribution >= 0.6 is 0 Å². The van der Waals surface area contributed by atoms with Gasteiger partial charge in [0.25, 0.3) is 0 Å². The van der Waals surface area contributed by atoms with Gasteiger partial charge in [0, 0.05) is 11.5 Å². The molecular weight excluding hydrogens is 384 g/mol. The second-order valence-electron chi connectivity index (χ2n) is 8.42. The second kappa shape index (κ2) is 18.3. The predicted octanol–water partition coefficient (Wildman–Crippen LogP) is 8.39. The van der Waals surface area contributed by atoms with E-state index < -0.39 is 5.79 Å². The Morgan fingerprint density at radius 1 is 0.742 bits per heavy atom. The molecule has 0 N–H and O–H groups in total. The molecule has 0 saturated carbocycles. The number of rotatable bonds is 20. The van der Waals surface area contributed by atoms with Crippen LogP contribution in [0.4, 0.5) is 0 Å². The molecular formula is C28H48O3. The molecule has 1 atom stereocenters. The molecule has 0 spiro atoms. The molecule has 0 heterocycles. The summed E-state index contributed by atoms with van der Waals surface area (Å²) in [5, 5.41) is 0. The van der Waals surface area contributed by atoms with Gasteiger partial charge in [-0.25, -0.2) is 0 Å². The monoisotopic (exact) mass is 432 g/mol. The lowest BCUT2D eigenvalue weighted by atomic mass is 9.84. The molecule has 0 fully saturated rings. The van der Waals surface area contributed by atoms with E-state index in [-0.39, 0.29) is 5.92 Å². The highest BCUT2D eigenvalue weighted by molar-refractivity contribution is 5.21. The van der Waals surface area contributed by atoms with Crippen molar-refractivity contribution in [3.05, 3.63) is 48.2 Å². The number of hydrogen-bond donors (Lipinski definition) is 0. The smallest absolute Gasteiger partial charge is 0.197 e. The van der Waals surface area contributed by atoms with Gasteiger partial charge in [-0.05, 0) is 32.1 Å². The molecule has 1 aromatic carbocycles. The molecule has 0 bridgehead atoms. The molecule has 1 unspecified atom stereocenters. The Morgan fingerprint density at radius 2 is 1.39 bits per heavy atom. The minimum absolute atomic E-state index is 0.259. The highest BCUT2D eigenvalue weighted by Crippen LogP contribution is 2.41. The van der Waals surface area contributed by atoms with Gasteiger partial charge >= 0.3 is 0 Å². The molecule has 0 amide bonds. The van der Waals surface area contributed by atoms with Gasteiger partial charge in [-0.15, -0.1) is 0 Å². The standard InChI is InChI=1S/C28H48O3/c1-5-9-11-12-13-15-20-27(21-25-29-24-10-6-2)28(30-22-7-3,31-23-8-4)26-18-16-14-17-19-26/h10,14,16-19,24,27H,5-9,11-13,15,20-23,25H2,1-4H3. The summed E-state index contributed by atoms with van der Waals surface area (Å²) in [5.74, 6) is -0.441. The molecule has 3 heteroatoms. The number of benzene rings is 1. The van der Waals surface area contributed by atoms with E-state index in [1.165, 1.54) is 38.5 Å². The Bertz CT molecular complexity index is 532. The van der Waals surface area contributed by atoms with Crippen molar-refractivity contribution in [2.24, 2.45) is 5.92 Å². The summed E-state index contributed by atoms with van der Waals surface area (Å²) in [7, 11) is 0. The summed E-state index contributed by atoms with van der Waals surface area (Å²) in [5.41, 5.74) is 1.14. The van der Waals surface area contributed by atoms with E-state index in [1.807, 2.05) is 6.26 Å². The van der Waals surface area contributed by atoms with Crippen molar-refractivity contribution in [2.45, 2.75) is 104 Å². The topological polar surface area (TPSA) is 27.7 Å². The fourth-order valence-electron chi connectivity index (χ4n) is 4.00. The van der Waals surface area contributed by atoms with Gasteiger partial charge in [0.1, 0.15) is 0 Å². The molecule has 178 valence electrons. The van der Waals surface area contributed by atoms with Crippen LogP contribution in [0.15, 0.2) is 42.7 Å². The molecule has 1 rings (SSSR count). The van der Waals surface area contributed by atoms with Crippen molar-refractivity contribution in [3.63, 3.8) is 0 Å². The zero-order valence-electron chi connectivity index (χ0n) is 20.7. The van der Waals surface area contributed by atoms with Crippen LogP contribution in [-0.4, -0.2) is 19.8 Å². The number of ether oxygens (including phenoxy) is 3. The predicted molar refractivity (Wildman–Crippen MR) is 132 cm³/mol. The Labute approximate surface area is 192 Å². The second-order valence-corrected chi connectivity index (χ2v) is 8.42. The normalized spacial score (nSPS) is 13.0. The lowest BCUT2D eigenvalue weighted by molar-refractivity contribution is -0.281. The number of allylic oxidation sites excluding steroid dienone is 1. The Hall–Kier alpha value is -1.32. The summed E-state index contributed by atoms with van der Waals surface area (Å²) < 4.78 is 19.0. The van der Waals surface area contributed by atoms with Crippen molar-refractivity contribution in [1.29, 1.82) is 0 Å². The van der Waals surface area contributed by atoms with E-state index in [1.54, 1.807) is 0 Å². The Kier molecular flexibility index (Phi) is 16.3. The van der Waals surface area contributed by atoms with Crippen LogP contribution in [0.1, 0.15) is 104 Å². The zero-order valence-corrected chi connectivity index (χ0v) is 20.7. The van der Waals surface area contributed by atoms with Crippen LogP contribution in [0.25, 0.3) is 0 Å². The number of unbranched alkanes of at least 4 members (excludes halogenated alkanes) is 5. The van der Waals surface area contributed by atoms with Crippen LogP contribution in [0, 0.1) is 5.92 Å². The largest absolute Gasteiger partial charge is 0.502 e. The minimum atomic E-state index is -0.700. The molecule has 0 aliphatic carbocycles. The molecule has 0 aliphatic rings. The number of hydrogen-bond acceptors (Lipinski definition) is 3. The summed E-state index contributed by atoms with van der Waals surface area (Å²) in [4.78, 5) is 0. The third kappa shape index (κ3) is 10.7. The van der Waals surface area contributed by atoms with E-state index >= 15 is 0 Å². The van der Waals surface area contributed by atoms with Gasteiger partial charge < -0.3 is 14.2 Å². The van der Waals surface area contributed by atoms with Gasteiger partial charge in [0.2, 0.25) is 0 Å². The maximum absolute atomic E-state index is 6.61. The molecule has 31 heavy (non-hydrogen) atoms. The van der Waals surface area contributed by atoms with Crippen molar-refractivity contribution >= 4 is 0 Å². The third-order valence-corrected chi connectivity index (χ3v) is 5.67. The van der Waals surface area contributed by atoms with E-state index in [4.69, 9.17) is 14.2 Å². The highest BCUT2D eigenvalue weighted by Gasteiger charge is 2.42. The van der Waals surface area contributed by atoms with Crippen LogP contribution in [0.2, 0.25) is 0 Å². The van der Waals surface area contributed by atoms with Crippen LogP contribution in [-0.2, 0) is 20.0 Å². The minimum Gasteiger partial charge on any atom is -0.502 e. The average Bonchev–Trinajstić information content (AvgIpc) is 2.81. The first-order valence-corrected chi connectivity index (χ1v) is 12.8. The summed E-state index contributed by atoms with van der Waals surface area (Å²) >= 11 is 0. The Balaban J connectivity index is 3.05. The van der Waals surface area contributed by atoms with Gasteiger partial charge in [-0.3, -0.25) is 0 Å². The quantitative estimate of drug-likeness (QED) is 0.118. The van der Waals surface area contributed by atoms with Crippen molar-refractivity contribution < 1.29 is 14.2 Å². The first-order chi connectivity index (χ1) is 15.2. The molecule has 0 aromatic heterocycles. The van der Waals surface area contributed by atoms with Gasteiger partial charge in [0.15, 0.2) is 5.79 Å². The van der Waals surface area contributed by atoms with Gasteiger partial charge in [0.05, 0.1) is 26.1 Å². The fourth-order valence-corrected chi connectivity index (χ4v) is 4.00. The van der Waals surface area contributed by atoms with E-state index in [9.17, 15) is 0 Å². The van der Waals surface area contributed by atoms with Crippen molar-refractivity contribution in [3.8, 4) is 0 Å². The van der Waals surface area contributed by atoms with Crippen LogP contribution in [0.3, 0.4) is 0 Å².